The smallest absolute Gasteiger partial charge is 0.341 e. The Morgan fingerprint density at radius 3 is 2.00 bits per heavy atom. The molecule has 1 unspecified atom stereocenters. The van der Waals surface area contributed by atoms with E-state index in [1.54, 1.807) is 14.0 Å². The van der Waals surface area contributed by atoms with Crippen molar-refractivity contribution in [2.24, 2.45) is 11.1 Å². The zero-order chi connectivity index (χ0) is 32.4. The number of hydrogen-bond donors (Lipinski definition) is 3. The van der Waals surface area contributed by atoms with Crippen molar-refractivity contribution in [3.8, 4) is 0 Å². The van der Waals surface area contributed by atoms with Crippen LogP contribution in [0.4, 0.5) is 20.4 Å². The van der Waals surface area contributed by atoms with Gasteiger partial charge in [0, 0.05) is 43.5 Å². The van der Waals surface area contributed by atoms with Gasteiger partial charge in [-0.2, -0.15) is 0 Å². The second kappa shape index (κ2) is 10.9. The Morgan fingerprint density at radius 1 is 0.935 bits per heavy atom. The van der Waals surface area contributed by atoms with E-state index in [2.05, 4.69) is 20.4 Å². The second-order valence-electron chi connectivity index (χ2n) is 11.7. The van der Waals surface area contributed by atoms with Crippen molar-refractivity contribution < 1.29 is 33.4 Å². The molecule has 238 valence electrons. The van der Waals surface area contributed by atoms with Crippen LogP contribution in [-0.4, -0.2) is 73.7 Å². The van der Waals surface area contributed by atoms with Gasteiger partial charge in [-0.05, 0) is 37.8 Å². The molecule has 7 rings (SSSR count). The molecule has 16 heteroatoms. The van der Waals surface area contributed by atoms with Crippen molar-refractivity contribution in [2.45, 2.75) is 37.8 Å². The summed E-state index contributed by atoms with van der Waals surface area (Å²) in [4.78, 5) is 64.4. The molecule has 4 aromatic heterocycles. The number of nitrogens with one attached hydrogen (secondary N) is 1. The third-order valence-corrected chi connectivity index (χ3v) is 8.53. The third kappa shape index (κ3) is 4.98. The molecular formula is C30H27F2N7O7. The number of carboxylic acid groups (broad SMARTS) is 2. The highest BCUT2D eigenvalue weighted by Gasteiger charge is 2.34. The van der Waals surface area contributed by atoms with Crippen molar-refractivity contribution in [3.63, 3.8) is 0 Å². The minimum Gasteiger partial charge on any atom is -0.477 e. The van der Waals surface area contributed by atoms with E-state index in [4.69, 9.17) is 4.84 Å². The molecule has 1 atom stereocenters. The van der Waals surface area contributed by atoms with Crippen LogP contribution in [0.15, 0.2) is 39.3 Å². The summed E-state index contributed by atoms with van der Waals surface area (Å²) < 4.78 is 34.0. The number of carboxylic acids is 2. The van der Waals surface area contributed by atoms with Gasteiger partial charge in [0.05, 0.1) is 23.0 Å². The Balaban J connectivity index is 1.20. The molecule has 0 spiro atoms. The van der Waals surface area contributed by atoms with Gasteiger partial charge < -0.3 is 34.4 Å². The van der Waals surface area contributed by atoms with Crippen molar-refractivity contribution in [2.75, 3.05) is 37.0 Å². The molecule has 1 saturated heterocycles. The molecule has 5 heterocycles. The van der Waals surface area contributed by atoms with Crippen LogP contribution in [0.25, 0.3) is 22.1 Å². The Labute approximate surface area is 257 Å². The number of nitrogens with zero attached hydrogens (tertiary/aromatic N) is 6. The fourth-order valence-corrected chi connectivity index (χ4v) is 5.94. The first-order valence-electron chi connectivity index (χ1n) is 14.6. The van der Waals surface area contributed by atoms with Crippen molar-refractivity contribution in [1.82, 2.24) is 19.1 Å². The molecule has 3 fully saturated rings. The van der Waals surface area contributed by atoms with Crippen molar-refractivity contribution in [1.29, 1.82) is 0 Å². The lowest BCUT2D eigenvalue weighted by atomic mass is 10.1. The molecule has 2 saturated carbocycles. The van der Waals surface area contributed by atoms with Gasteiger partial charge in [-0.25, -0.2) is 28.3 Å². The predicted molar refractivity (Wildman–Crippen MR) is 161 cm³/mol. The van der Waals surface area contributed by atoms with Crippen LogP contribution < -0.4 is 21.1 Å². The molecule has 1 aliphatic heterocycles. The van der Waals surface area contributed by atoms with E-state index in [9.17, 15) is 29.4 Å². The summed E-state index contributed by atoms with van der Waals surface area (Å²) in [5, 5.41) is 25.8. The number of oxime groups is 1. The minimum absolute atomic E-state index is 0.0489. The lowest BCUT2D eigenvalue weighted by Gasteiger charge is -2.20. The number of pyridine rings is 4. The summed E-state index contributed by atoms with van der Waals surface area (Å²) in [6.07, 6.45) is 5.57. The monoisotopic (exact) mass is 635 g/mol. The van der Waals surface area contributed by atoms with E-state index in [-0.39, 0.29) is 65.4 Å². The van der Waals surface area contributed by atoms with Crippen LogP contribution in [0.2, 0.25) is 0 Å². The van der Waals surface area contributed by atoms with E-state index >= 15 is 8.78 Å². The maximum Gasteiger partial charge on any atom is 0.341 e. The number of fused-ring (bicyclic) bond motifs is 2. The van der Waals surface area contributed by atoms with E-state index in [1.807, 2.05) is 0 Å². The van der Waals surface area contributed by atoms with Gasteiger partial charge in [0.2, 0.25) is 10.9 Å². The fourth-order valence-electron chi connectivity index (χ4n) is 5.94. The van der Waals surface area contributed by atoms with Gasteiger partial charge in [-0.15, -0.1) is 0 Å². The number of halogens is 2. The SMILES string of the molecule is CO/N=C1/CN(c2nc3c(cc2F)c(=O)c(C(=O)O)cn3C2CC2)CC1CNc1nc2c(cc1F)c(=O)c(C(=O)O)cn2C1CC1. The van der Waals surface area contributed by atoms with Gasteiger partial charge >= 0.3 is 11.9 Å². The lowest BCUT2D eigenvalue weighted by Crippen LogP contribution is -2.26. The molecule has 0 radical (unpaired) electrons. The van der Waals surface area contributed by atoms with Crippen LogP contribution in [0, 0.1) is 17.6 Å². The van der Waals surface area contributed by atoms with E-state index in [1.165, 1.54) is 19.5 Å². The molecular weight excluding hydrogens is 608 g/mol. The maximum atomic E-state index is 15.5. The molecule has 3 aliphatic rings. The van der Waals surface area contributed by atoms with Crippen LogP contribution in [0.5, 0.6) is 0 Å². The number of aromatic carboxylic acids is 2. The Kier molecular flexibility index (Phi) is 6.94. The van der Waals surface area contributed by atoms with Gasteiger partial charge in [0.1, 0.15) is 29.5 Å². The van der Waals surface area contributed by atoms with Gasteiger partial charge in [-0.3, -0.25) is 9.59 Å². The van der Waals surface area contributed by atoms with Gasteiger partial charge in [-0.1, -0.05) is 5.16 Å². The standard InChI is InChI=1S/C30H27F2N7O7/c1-46-36-22-12-37(28-21(32)7-17-24(41)19(30(44)45)11-39(15-4-5-15)27(17)35-28)9-13(22)8-33-25-20(31)6-16-23(40)18(29(42)43)10-38(14-2-3-14)26(16)34-25/h6-7,10-11,13-15H,2-5,8-9,12H2,1H3,(H,33,34)(H,42,43)(H,44,45)/b36-22-. The normalized spacial score (nSPS) is 18.9. The average molecular weight is 636 g/mol. The second-order valence-corrected chi connectivity index (χ2v) is 11.7. The summed E-state index contributed by atoms with van der Waals surface area (Å²) in [5.41, 5.74) is -1.72. The summed E-state index contributed by atoms with van der Waals surface area (Å²) in [5.74, 6) is -5.13. The molecule has 2 aliphatic carbocycles. The third-order valence-electron chi connectivity index (χ3n) is 8.53. The van der Waals surface area contributed by atoms with Crippen molar-refractivity contribution in [3.05, 3.63) is 67.7 Å². The molecule has 0 amide bonds. The average Bonchev–Trinajstić information content (AvgIpc) is 3.95. The van der Waals surface area contributed by atoms with E-state index in [0.717, 1.165) is 37.8 Å². The number of hydrogen-bond acceptors (Lipinski definition) is 10. The Bertz CT molecular complexity index is 2120. The van der Waals surface area contributed by atoms with Crippen LogP contribution in [-0.2, 0) is 4.84 Å². The summed E-state index contributed by atoms with van der Waals surface area (Å²) >= 11 is 0. The van der Waals surface area contributed by atoms with Crippen LogP contribution in [0.3, 0.4) is 0 Å². The zero-order valence-corrected chi connectivity index (χ0v) is 24.4. The molecule has 3 N–H and O–H groups in total. The number of rotatable bonds is 9. The Hall–Kier alpha value is -5.41. The van der Waals surface area contributed by atoms with E-state index < -0.39 is 51.5 Å². The predicted octanol–water partition coefficient (Wildman–Crippen LogP) is 3.00. The highest BCUT2D eigenvalue weighted by molar-refractivity contribution is 5.96. The largest absolute Gasteiger partial charge is 0.477 e. The van der Waals surface area contributed by atoms with Crippen LogP contribution in [0.1, 0.15) is 58.5 Å². The molecule has 4 aromatic rings. The highest BCUT2D eigenvalue weighted by atomic mass is 19.1. The number of anilines is 2. The van der Waals surface area contributed by atoms with Crippen LogP contribution >= 0.6 is 0 Å². The molecule has 46 heavy (non-hydrogen) atoms. The summed E-state index contributed by atoms with van der Waals surface area (Å²) in [6, 6.07) is 1.89. The number of carbonyl (C=O) groups is 2. The molecule has 0 bridgehead atoms. The van der Waals surface area contributed by atoms with Crippen molar-refractivity contribution >= 4 is 51.4 Å². The number of aromatic nitrogens is 4. The zero-order valence-electron chi connectivity index (χ0n) is 24.4. The van der Waals surface area contributed by atoms with Gasteiger partial charge in [0.15, 0.2) is 23.3 Å². The first-order chi connectivity index (χ1) is 22.0. The highest BCUT2D eigenvalue weighted by Crippen LogP contribution is 2.38. The van der Waals surface area contributed by atoms with E-state index in [0.29, 0.717) is 5.71 Å². The summed E-state index contributed by atoms with van der Waals surface area (Å²) in [6.45, 7) is 0.359. The Morgan fingerprint density at radius 2 is 1.48 bits per heavy atom. The maximum absolute atomic E-state index is 15.5. The first-order valence-corrected chi connectivity index (χ1v) is 14.6. The first kappa shape index (κ1) is 29.3. The van der Waals surface area contributed by atoms with Gasteiger partial charge in [0.25, 0.3) is 0 Å². The topological polar surface area (TPSA) is 181 Å². The quantitative estimate of drug-likeness (QED) is 0.230. The lowest BCUT2D eigenvalue weighted by molar-refractivity contribution is 0.0684. The molecule has 14 nitrogen and oxygen atoms in total. The minimum atomic E-state index is -1.40. The summed E-state index contributed by atoms with van der Waals surface area (Å²) in [7, 11) is 1.36. The fraction of sp³-hybridized carbons (Fsp3) is 0.367. The molecule has 0 aromatic carbocycles.